The van der Waals surface area contributed by atoms with Crippen LogP contribution in [0.5, 0.6) is 0 Å². The lowest BCUT2D eigenvalue weighted by Gasteiger charge is -2.10. The van der Waals surface area contributed by atoms with Crippen LogP contribution in [0.3, 0.4) is 0 Å². The molecule has 0 fully saturated rings. The lowest BCUT2D eigenvalue weighted by molar-refractivity contribution is 0.0956. The SMILES string of the molecule is Cc1ccc(SCCNC(=O)c2cccc(NS(=O)(=O)c3ccccc3)c2)cc1. The number of carbonyl (C=O) groups excluding carboxylic acids is 1. The van der Waals surface area contributed by atoms with Crippen molar-refractivity contribution in [2.45, 2.75) is 16.7 Å². The average Bonchev–Trinajstić information content (AvgIpc) is 2.73. The molecule has 2 N–H and O–H groups in total. The predicted octanol–water partition coefficient (Wildman–Crippen LogP) is 4.32. The first-order valence-electron chi connectivity index (χ1n) is 9.10. The number of carbonyl (C=O) groups is 1. The molecule has 3 aromatic rings. The maximum Gasteiger partial charge on any atom is 0.261 e. The molecule has 0 spiro atoms. The van der Waals surface area contributed by atoms with Crippen LogP contribution in [-0.4, -0.2) is 26.6 Å². The van der Waals surface area contributed by atoms with Crippen molar-refractivity contribution in [3.05, 3.63) is 90.0 Å². The van der Waals surface area contributed by atoms with Crippen LogP contribution < -0.4 is 10.0 Å². The highest BCUT2D eigenvalue weighted by atomic mass is 32.2. The minimum absolute atomic E-state index is 0.169. The first kappa shape index (κ1) is 21.0. The maximum absolute atomic E-state index is 12.4. The highest BCUT2D eigenvalue weighted by Gasteiger charge is 2.14. The third-order valence-electron chi connectivity index (χ3n) is 4.11. The zero-order valence-electron chi connectivity index (χ0n) is 16.0. The van der Waals surface area contributed by atoms with Crippen molar-refractivity contribution < 1.29 is 13.2 Å². The summed E-state index contributed by atoms with van der Waals surface area (Å²) in [5.74, 6) is 0.505. The largest absolute Gasteiger partial charge is 0.351 e. The van der Waals surface area contributed by atoms with E-state index in [2.05, 4.69) is 34.3 Å². The molecule has 0 unspecified atom stereocenters. The molecule has 0 saturated carbocycles. The van der Waals surface area contributed by atoms with Gasteiger partial charge in [0.1, 0.15) is 0 Å². The molecule has 0 radical (unpaired) electrons. The maximum atomic E-state index is 12.4. The van der Waals surface area contributed by atoms with Gasteiger partial charge in [-0.1, -0.05) is 42.0 Å². The van der Waals surface area contributed by atoms with Gasteiger partial charge in [-0.3, -0.25) is 9.52 Å². The van der Waals surface area contributed by atoms with Crippen LogP contribution in [0.25, 0.3) is 0 Å². The highest BCUT2D eigenvalue weighted by Crippen LogP contribution is 2.18. The zero-order valence-corrected chi connectivity index (χ0v) is 17.6. The molecule has 3 rings (SSSR count). The Morgan fingerprint density at radius 2 is 1.66 bits per heavy atom. The van der Waals surface area contributed by atoms with Gasteiger partial charge < -0.3 is 5.32 Å². The number of thioether (sulfide) groups is 1. The van der Waals surface area contributed by atoms with Gasteiger partial charge in [0.2, 0.25) is 0 Å². The molecule has 7 heteroatoms. The molecule has 0 aliphatic heterocycles. The van der Waals surface area contributed by atoms with Gasteiger partial charge in [-0.05, 0) is 49.4 Å². The Balaban J connectivity index is 1.56. The Kier molecular flexibility index (Phi) is 6.95. The number of nitrogens with one attached hydrogen (secondary N) is 2. The molecular weight excluding hydrogens is 404 g/mol. The first-order chi connectivity index (χ1) is 13.9. The third-order valence-corrected chi connectivity index (χ3v) is 6.52. The van der Waals surface area contributed by atoms with E-state index in [-0.39, 0.29) is 10.8 Å². The molecule has 0 aromatic heterocycles. The number of benzene rings is 3. The first-order valence-corrected chi connectivity index (χ1v) is 11.6. The predicted molar refractivity (Wildman–Crippen MR) is 118 cm³/mol. The quantitative estimate of drug-likeness (QED) is 0.416. The Labute approximate surface area is 175 Å². The summed E-state index contributed by atoms with van der Waals surface area (Å²) in [5, 5.41) is 2.87. The number of amides is 1. The Morgan fingerprint density at radius 1 is 0.931 bits per heavy atom. The lowest BCUT2D eigenvalue weighted by atomic mass is 10.2. The smallest absolute Gasteiger partial charge is 0.261 e. The Morgan fingerprint density at radius 3 is 2.38 bits per heavy atom. The number of anilines is 1. The van der Waals surface area contributed by atoms with Crippen LogP contribution in [0.15, 0.2) is 88.7 Å². The van der Waals surface area contributed by atoms with Crippen LogP contribution in [0, 0.1) is 6.92 Å². The molecular formula is C22H22N2O3S2. The fraction of sp³-hybridized carbons (Fsp3) is 0.136. The van der Waals surface area contributed by atoms with E-state index in [0.717, 1.165) is 10.6 Å². The summed E-state index contributed by atoms with van der Waals surface area (Å²) in [6, 6.07) is 22.8. The van der Waals surface area contributed by atoms with Crippen molar-refractivity contribution in [3.8, 4) is 0 Å². The van der Waals surface area contributed by atoms with E-state index in [1.54, 1.807) is 48.2 Å². The summed E-state index contributed by atoms with van der Waals surface area (Å²) in [5.41, 5.74) is 1.96. The van der Waals surface area contributed by atoms with Crippen molar-refractivity contribution >= 4 is 33.4 Å². The van der Waals surface area contributed by atoms with Gasteiger partial charge in [-0.25, -0.2) is 8.42 Å². The molecule has 0 aliphatic carbocycles. The van der Waals surface area contributed by atoms with Gasteiger partial charge in [-0.15, -0.1) is 11.8 Å². The van der Waals surface area contributed by atoms with Gasteiger partial charge in [-0.2, -0.15) is 0 Å². The summed E-state index contributed by atoms with van der Waals surface area (Å²) in [7, 11) is -3.70. The number of rotatable bonds is 8. The van der Waals surface area contributed by atoms with E-state index in [1.807, 2.05) is 6.92 Å². The van der Waals surface area contributed by atoms with Crippen molar-refractivity contribution in [2.75, 3.05) is 17.0 Å². The van der Waals surface area contributed by atoms with E-state index < -0.39 is 10.0 Å². The highest BCUT2D eigenvalue weighted by molar-refractivity contribution is 7.99. The van der Waals surface area contributed by atoms with Crippen molar-refractivity contribution in [1.29, 1.82) is 0 Å². The fourth-order valence-electron chi connectivity index (χ4n) is 2.61. The molecule has 0 atom stereocenters. The molecule has 29 heavy (non-hydrogen) atoms. The molecule has 0 bridgehead atoms. The monoisotopic (exact) mass is 426 g/mol. The lowest BCUT2D eigenvalue weighted by Crippen LogP contribution is -2.25. The Hall–Kier alpha value is -2.77. The van der Waals surface area contributed by atoms with Crippen LogP contribution in [0.4, 0.5) is 5.69 Å². The Bertz CT molecular complexity index is 1070. The molecule has 5 nitrogen and oxygen atoms in total. The average molecular weight is 427 g/mol. The second-order valence-corrected chi connectivity index (χ2v) is 9.27. The molecule has 0 aliphatic rings. The summed E-state index contributed by atoms with van der Waals surface area (Å²) in [6.07, 6.45) is 0. The van der Waals surface area contributed by atoms with E-state index in [9.17, 15) is 13.2 Å². The number of hydrogen-bond acceptors (Lipinski definition) is 4. The molecule has 3 aromatic carbocycles. The van der Waals surface area contributed by atoms with Crippen molar-refractivity contribution in [3.63, 3.8) is 0 Å². The fourth-order valence-corrected chi connectivity index (χ4v) is 4.45. The summed E-state index contributed by atoms with van der Waals surface area (Å²) >= 11 is 1.67. The third kappa shape index (κ3) is 6.10. The normalized spacial score (nSPS) is 11.1. The van der Waals surface area contributed by atoms with E-state index >= 15 is 0 Å². The van der Waals surface area contributed by atoms with E-state index in [4.69, 9.17) is 0 Å². The van der Waals surface area contributed by atoms with Crippen molar-refractivity contribution in [1.82, 2.24) is 5.32 Å². The van der Waals surface area contributed by atoms with E-state index in [0.29, 0.717) is 17.8 Å². The molecule has 1 amide bonds. The van der Waals surface area contributed by atoms with Gasteiger partial charge >= 0.3 is 0 Å². The second kappa shape index (κ2) is 9.62. The summed E-state index contributed by atoms with van der Waals surface area (Å²) in [6.45, 7) is 2.56. The molecule has 0 heterocycles. The van der Waals surface area contributed by atoms with E-state index in [1.165, 1.54) is 23.8 Å². The van der Waals surface area contributed by atoms with Gasteiger partial charge in [0, 0.05) is 28.4 Å². The minimum Gasteiger partial charge on any atom is -0.351 e. The summed E-state index contributed by atoms with van der Waals surface area (Å²) < 4.78 is 27.4. The minimum atomic E-state index is -3.70. The standard InChI is InChI=1S/C22H22N2O3S2/c1-17-10-12-20(13-11-17)28-15-14-23-22(25)18-6-5-7-19(16-18)24-29(26,27)21-8-3-2-4-9-21/h2-13,16,24H,14-15H2,1H3,(H,23,25). The van der Waals surface area contributed by atoms with Gasteiger partial charge in [0.15, 0.2) is 0 Å². The number of aryl methyl sites for hydroxylation is 1. The molecule has 0 saturated heterocycles. The number of hydrogen-bond donors (Lipinski definition) is 2. The zero-order chi connectivity index (χ0) is 20.7. The van der Waals surface area contributed by atoms with Gasteiger partial charge in [0.25, 0.3) is 15.9 Å². The topological polar surface area (TPSA) is 75.3 Å². The number of sulfonamides is 1. The van der Waals surface area contributed by atoms with Crippen molar-refractivity contribution in [2.24, 2.45) is 0 Å². The van der Waals surface area contributed by atoms with Crippen LogP contribution in [0.1, 0.15) is 15.9 Å². The van der Waals surface area contributed by atoms with Gasteiger partial charge in [0.05, 0.1) is 4.90 Å². The summed E-state index contributed by atoms with van der Waals surface area (Å²) in [4.78, 5) is 13.7. The molecule has 150 valence electrons. The van der Waals surface area contributed by atoms with Crippen LogP contribution in [0.2, 0.25) is 0 Å². The van der Waals surface area contributed by atoms with Crippen LogP contribution in [-0.2, 0) is 10.0 Å². The second-order valence-electron chi connectivity index (χ2n) is 6.42. The van der Waals surface area contributed by atoms with Crippen LogP contribution >= 0.6 is 11.8 Å².